The molecule has 3 aromatic rings. The zero-order valence-electron chi connectivity index (χ0n) is 10.3. The lowest BCUT2D eigenvalue weighted by Crippen LogP contribution is -1.88. The SMILES string of the molecule is Cc1ccsc1-c1[nH]nc(N)c1-c1ccc(Br)cc1. The molecule has 0 atom stereocenters. The number of thiophene rings is 1. The van der Waals surface area contributed by atoms with Gasteiger partial charge in [0.2, 0.25) is 0 Å². The van der Waals surface area contributed by atoms with Crippen molar-refractivity contribution in [2.45, 2.75) is 6.92 Å². The fraction of sp³-hybridized carbons (Fsp3) is 0.0714. The van der Waals surface area contributed by atoms with Gasteiger partial charge in [0.15, 0.2) is 5.82 Å². The van der Waals surface area contributed by atoms with Gasteiger partial charge in [0, 0.05) is 4.47 Å². The molecule has 0 saturated carbocycles. The second-order valence-corrected chi connectivity index (χ2v) is 6.13. The second-order valence-electron chi connectivity index (χ2n) is 4.30. The van der Waals surface area contributed by atoms with E-state index in [1.807, 2.05) is 24.3 Å². The average Bonchev–Trinajstić information content (AvgIpc) is 2.97. The first-order valence-electron chi connectivity index (χ1n) is 5.81. The number of nitrogen functional groups attached to an aromatic ring is 1. The van der Waals surface area contributed by atoms with Gasteiger partial charge < -0.3 is 5.73 Å². The van der Waals surface area contributed by atoms with Gasteiger partial charge in [-0.25, -0.2) is 0 Å². The third-order valence-corrected chi connectivity index (χ3v) is 4.58. The van der Waals surface area contributed by atoms with Gasteiger partial charge in [-0.1, -0.05) is 28.1 Å². The predicted octanol–water partition coefficient (Wildman–Crippen LogP) is 4.46. The number of aryl methyl sites for hydroxylation is 1. The molecule has 0 fully saturated rings. The molecule has 19 heavy (non-hydrogen) atoms. The largest absolute Gasteiger partial charge is 0.382 e. The smallest absolute Gasteiger partial charge is 0.153 e. The number of nitrogens with one attached hydrogen (secondary N) is 1. The molecule has 0 radical (unpaired) electrons. The summed E-state index contributed by atoms with van der Waals surface area (Å²) in [7, 11) is 0. The highest BCUT2D eigenvalue weighted by atomic mass is 79.9. The summed E-state index contributed by atoms with van der Waals surface area (Å²) in [6, 6.07) is 10.2. The fourth-order valence-electron chi connectivity index (χ4n) is 2.06. The first-order chi connectivity index (χ1) is 9.16. The lowest BCUT2D eigenvalue weighted by Gasteiger charge is -2.04. The Morgan fingerprint density at radius 3 is 2.58 bits per heavy atom. The third-order valence-electron chi connectivity index (χ3n) is 3.02. The van der Waals surface area contributed by atoms with E-state index in [0.29, 0.717) is 5.82 Å². The van der Waals surface area contributed by atoms with Crippen LogP contribution in [0.25, 0.3) is 21.7 Å². The Morgan fingerprint density at radius 1 is 1.21 bits per heavy atom. The molecule has 1 aromatic carbocycles. The third kappa shape index (κ3) is 2.19. The number of aromatic amines is 1. The van der Waals surface area contributed by atoms with E-state index in [-0.39, 0.29) is 0 Å². The molecular weight excluding hydrogens is 322 g/mol. The Morgan fingerprint density at radius 2 is 1.95 bits per heavy atom. The molecule has 96 valence electrons. The van der Waals surface area contributed by atoms with Crippen molar-refractivity contribution in [3.8, 4) is 21.7 Å². The number of H-pyrrole nitrogens is 1. The van der Waals surface area contributed by atoms with Gasteiger partial charge >= 0.3 is 0 Å². The maximum atomic E-state index is 6.02. The van der Waals surface area contributed by atoms with Gasteiger partial charge in [-0.15, -0.1) is 11.3 Å². The summed E-state index contributed by atoms with van der Waals surface area (Å²) in [6.07, 6.45) is 0. The number of hydrogen-bond donors (Lipinski definition) is 2. The summed E-state index contributed by atoms with van der Waals surface area (Å²) in [5.41, 5.74) is 10.3. The zero-order valence-corrected chi connectivity index (χ0v) is 12.7. The Labute approximate surface area is 123 Å². The maximum Gasteiger partial charge on any atom is 0.153 e. The predicted molar refractivity (Wildman–Crippen MR) is 84.2 cm³/mol. The molecule has 3 N–H and O–H groups in total. The number of anilines is 1. The number of nitrogens with two attached hydrogens (primary N) is 1. The molecule has 0 bridgehead atoms. The van der Waals surface area contributed by atoms with Gasteiger partial charge in [0.05, 0.1) is 16.1 Å². The fourth-order valence-corrected chi connectivity index (χ4v) is 3.25. The Balaban J connectivity index is 2.19. The molecule has 0 amide bonds. The van der Waals surface area contributed by atoms with E-state index in [9.17, 15) is 0 Å². The van der Waals surface area contributed by atoms with E-state index in [2.05, 4.69) is 44.5 Å². The number of rotatable bonds is 2. The quantitative estimate of drug-likeness (QED) is 0.727. The Hall–Kier alpha value is -1.59. The number of aromatic nitrogens is 2. The second kappa shape index (κ2) is 4.83. The molecule has 3 nitrogen and oxygen atoms in total. The molecule has 5 heteroatoms. The van der Waals surface area contributed by atoms with Crippen LogP contribution in [0.1, 0.15) is 5.56 Å². The van der Waals surface area contributed by atoms with Crippen LogP contribution in [0.4, 0.5) is 5.82 Å². The summed E-state index contributed by atoms with van der Waals surface area (Å²) in [6.45, 7) is 2.09. The van der Waals surface area contributed by atoms with Crippen LogP contribution >= 0.6 is 27.3 Å². The topological polar surface area (TPSA) is 54.7 Å². The minimum absolute atomic E-state index is 0.533. The van der Waals surface area contributed by atoms with Crippen molar-refractivity contribution < 1.29 is 0 Å². The van der Waals surface area contributed by atoms with E-state index in [4.69, 9.17) is 5.73 Å². The first-order valence-corrected chi connectivity index (χ1v) is 7.48. The van der Waals surface area contributed by atoms with Crippen molar-refractivity contribution >= 4 is 33.1 Å². The number of halogens is 1. The van der Waals surface area contributed by atoms with Crippen molar-refractivity contribution in [3.63, 3.8) is 0 Å². The molecule has 0 aliphatic rings. The standard InChI is InChI=1S/C14H12BrN3S/c1-8-6-7-19-13(8)12-11(14(16)18-17-12)9-2-4-10(15)5-3-9/h2-7H,1H3,(H3,16,17,18). The highest BCUT2D eigenvalue weighted by Gasteiger charge is 2.16. The summed E-state index contributed by atoms with van der Waals surface area (Å²) in [4.78, 5) is 1.18. The average molecular weight is 334 g/mol. The summed E-state index contributed by atoms with van der Waals surface area (Å²) in [5.74, 6) is 0.533. The van der Waals surface area contributed by atoms with Gasteiger partial charge in [-0.05, 0) is 41.6 Å². The van der Waals surface area contributed by atoms with Gasteiger partial charge in [-0.2, -0.15) is 5.10 Å². The van der Waals surface area contributed by atoms with Crippen LogP contribution in [0.2, 0.25) is 0 Å². The molecule has 0 unspecified atom stereocenters. The van der Waals surface area contributed by atoms with E-state index in [1.54, 1.807) is 11.3 Å². The molecule has 0 spiro atoms. The maximum absolute atomic E-state index is 6.02. The van der Waals surface area contributed by atoms with E-state index < -0.39 is 0 Å². The molecular formula is C14H12BrN3S. The monoisotopic (exact) mass is 333 g/mol. The molecule has 0 aliphatic heterocycles. The minimum Gasteiger partial charge on any atom is -0.382 e. The molecule has 0 saturated heterocycles. The first kappa shape index (κ1) is 12.4. The number of benzene rings is 1. The lowest BCUT2D eigenvalue weighted by molar-refractivity contribution is 1.10. The lowest BCUT2D eigenvalue weighted by atomic mass is 10.0. The van der Waals surface area contributed by atoms with Crippen LogP contribution in [-0.4, -0.2) is 10.2 Å². The molecule has 2 heterocycles. The van der Waals surface area contributed by atoms with E-state index in [1.165, 1.54) is 10.4 Å². The summed E-state index contributed by atoms with van der Waals surface area (Å²) < 4.78 is 1.05. The van der Waals surface area contributed by atoms with Crippen molar-refractivity contribution in [3.05, 3.63) is 45.7 Å². The van der Waals surface area contributed by atoms with E-state index in [0.717, 1.165) is 21.3 Å². The van der Waals surface area contributed by atoms with E-state index >= 15 is 0 Å². The van der Waals surface area contributed by atoms with Crippen LogP contribution < -0.4 is 5.73 Å². The van der Waals surface area contributed by atoms with Crippen LogP contribution in [0, 0.1) is 6.92 Å². The highest BCUT2D eigenvalue weighted by molar-refractivity contribution is 9.10. The van der Waals surface area contributed by atoms with Crippen molar-refractivity contribution in [2.75, 3.05) is 5.73 Å². The van der Waals surface area contributed by atoms with Crippen molar-refractivity contribution in [2.24, 2.45) is 0 Å². The minimum atomic E-state index is 0.533. The van der Waals surface area contributed by atoms with Crippen molar-refractivity contribution in [1.29, 1.82) is 0 Å². The summed E-state index contributed by atoms with van der Waals surface area (Å²) >= 11 is 5.14. The zero-order chi connectivity index (χ0) is 13.4. The Kier molecular flexibility index (Phi) is 3.16. The van der Waals surface area contributed by atoms with Crippen molar-refractivity contribution in [1.82, 2.24) is 10.2 Å². The molecule has 3 rings (SSSR count). The molecule has 0 aliphatic carbocycles. The van der Waals surface area contributed by atoms with Crippen LogP contribution in [-0.2, 0) is 0 Å². The van der Waals surface area contributed by atoms with Crippen LogP contribution in [0.3, 0.4) is 0 Å². The van der Waals surface area contributed by atoms with Crippen LogP contribution in [0.15, 0.2) is 40.2 Å². The number of nitrogens with zero attached hydrogens (tertiary/aromatic N) is 1. The normalized spacial score (nSPS) is 10.8. The summed E-state index contributed by atoms with van der Waals surface area (Å²) in [5, 5.41) is 9.29. The van der Waals surface area contributed by atoms with Gasteiger partial charge in [-0.3, -0.25) is 5.10 Å². The Bertz CT molecular complexity index is 713. The van der Waals surface area contributed by atoms with Gasteiger partial charge in [0.25, 0.3) is 0 Å². The molecule has 2 aromatic heterocycles. The number of hydrogen-bond acceptors (Lipinski definition) is 3. The van der Waals surface area contributed by atoms with Gasteiger partial charge in [0.1, 0.15) is 0 Å². The highest BCUT2D eigenvalue weighted by Crippen LogP contribution is 2.38. The van der Waals surface area contributed by atoms with Crippen LogP contribution in [0.5, 0.6) is 0 Å².